The van der Waals surface area contributed by atoms with Crippen molar-refractivity contribution in [2.75, 3.05) is 31.1 Å². The van der Waals surface area contributed by atoms with Crippen molar-refractivity contribution < 1.29 is 4.79 Å². The zero-order chi connectivity index (χ0) is 18.8. The summed E-state index contributed by atoms with van der Waals surface area (Å²) >= 11 is 7.94. The van der Waals surface area contributed by atoms with Crippen LogP contribution in [-0.4, -0.2) is 47.0 Å². The van der Waals surface area contributed by atoms with Crippen molar-refractivity contribution >= 4 is 44.9 Å². The third-order valence-electron chi connectivity index (χ3n) is 4.81. The van der Waals surface area contributed by atoms with Crippen LogP contribution in [0.3, 0.4) is 0 Å². The van der Waals surface area contributed by atoms with Crippen LogP contribution in [0.5, 0.6) is 0 Å². The molecular formula is C20H21ClN4OS. The number of carbonyl (C=O) groups is 1. The van der Waals surface area contributed by atoms with Crippen LogP contribution in [0.2, 0.25) is 5.02 Å². The number of halogens is 1. The summed E-state index contributed by atoms with van der Waals surface area (Å²) in [5.41, 5.74) is 1.16. The summed E-state index contributed by atoms with van der Waals surface area (Å²) in [4.78, 5) is 26.6. The molecular weight excluding hydrogens is 380 g/mol. The molecule has 0 spiro atoms. The Bertz CT molecular complexity index is 948. The van der Waals surface area contributed by atoms with Crippen LogP contribution >= 0.6 is 22.9 Å². The Morgan fingerprint density at radius 3 is 2.52 bits per heavy atom. The SMILES string of the molecule is CCCc1cnc(N2CCN(C(=O)c3sc4ccccc4c3Cl)CC2)nc1. The van der Waals surface area contributed by atoms with Gasteiger partial charge in [-0.3, -0.25) is 4.79 Å². The first kappa shape index (κ1) is 18.2. The second-order valence-electron chi connectivity index (χ2n) is 6.66. The van der Waals surface area contributed by atoms with Gasteiger partial charge in [0.05, 0.1) is 5.02 Å². The molecule has 4 rings (SSSR count). The Morgan fingerprint density at radius 2 is 1.85 bits per heavy atom. The van der Waals surface area contributed by atoms with E-state index in [0.717, 1.165) is 47.5 Å². The Kier molecular flexibility index (Phi) is 5.27. The van der Waals surface area contributed by atoms with E-state index in [-0.39, 0.29) is 5.91 Å². The van der Waals surface area contributed by atoms with E-state index in [9.17, 15) is 4.79 Å². The Hall–Kier alpha value is -2.18. The average molecular weight is 401 g/mol. The topological polar surface area (TPSA) is 49.3 Å². The van der Waals surface area contributed by atoms with Crippen LogP contribution in [-0.2, 0) is 6.42 Å². The largest absolute Gasteiger partial charge is 0.337 e. The Labute approximate surface area is 167 Å². The fourth-order valence-corrected chi connectivity index (χ4v) is 4.81. The molecule has 0 aliphatic carbocycles. The van der Waals surface area contributed by atoms with Gasteiger partial charge in [-0.1, -0.05) is 43.1 Å². The molecule has 3 heterocycles. The van der Waals surface area contributed by atoms with Crippen molar-refractivity contribution in [3.63, 3.8) is 0 Å². The predicted octanol–water partition coefficient (Wildman–Crippen LogP) is 4.26. The molecule has 0 radical (unpaired) electrons. The average Bonchev–Trinajstić information content (AvgIpc) is 3.05. The second kappa shape index (κ2) is 7.82. The molecule has 0 unspecified atom stereocenters. The zero-order valence-electron chi connectivity index (χ0n) is 15.2. The molecule has 1 aliphatic heterocycles. The summed E-state index contributed by atoms with van der Waals surface area (Å²) in [6.45, 7) is 4.88. The first-order chi connectivity index (χ1) is 13.2. The maximum Gasteiger partial charge on any atom is 0.265 e. The first-order valence-electron chi connectivity index (χ1n) is 9.19. The van der Waals surface area contributed by atoms with Crippen LogP contribution in [0.1, 0.15) is 28.6 Å². The Balaban J connectivity index is 1.43. The lowest BCUT2D eigenvalue weighted by atomic mass is 10.2. The van der Waals surface area contributed by atoms with Gasteiger partial charge in [0.25, 0.3) is 5.91 Å². The maximum atomic E-state index is 13.0. The van der Waals surface area contributed by atoms with E-state index < -0.39 is 0 Å². The van der Waals surface area contributed by atoms with E-state index in [2.05, 4.69) is 21.8 Å². The third kappa shape index (κ3) is 3.64. The van der Waals surface area contributed by atoms with Crippen LogP contribution < -0.4 is 4.90 Å². The van der Waals surface area contributed by atoms with Gasteiger partial charge in [0.1, 0.15) is 4.88 Å². The summed E-state index contributed by atoms with van der Waals surface area (Å²) in [7, 11) is 0. The van der Waals surface area contributed by atoms with Crippen molar-refractivity contribution in [2.24, 2.45) is 0 Å². The minimum atomic E-state index is 0.0139. The summed E-state index contributed by atoms with van der Waals surface area (Å²) in [6.07, 6.45) is 5.89. The molecule has 1 amide bonds. The quantitative estimate of drug-likeness (QED) is 0.656. The molecule has 1 aliphatic rings. The number of rotatable bonds is 4. The van der Waals surface area contributed by atoms with Crippen LogP contribution in [0.15, 0.2) is 36.7 Å². The highest BCUT2D eigenvalue weighted by atomic mass is 35.5. The molecule has 140 valence electrons. The van der Waals surface area contributed by atoms with Gasteiger partial charge in [0.15, 0.2) is 0 Å². The van der Waals surface area contributed by atoms with Gasteiger partial charge in [0, 0.05) is 48.7 Å². The van der Waals surface area contributed by atoms with Crippen LogP contribution in [0, 0.1) is 0 Å². The lowest BCUT2D eigenvalue weighted by Gasteiger charge is -2.34. The molecule has 1 saturated heterocycles. The van der Waals surface area contributed by atoms with E-state index >= 15 is 0 Å². The summed E-state index contributed by atoms with van der Waals surface area (Å²) in [5.74, 6) is 0.752. The fraction of sp³-hybridized carbons (Fsp3) is 0.350. The van der Waals surface area contributed by atoms with Gasteiger partial charge in [-0.05, 0) is 18.1 Å². The number of nitrogens with zero attached hydrogens (tertiary/aromatic N) is 4. The summed E-state index contributed by atoms with van der Waals surface area (Å²) in [5, 5.41) is 1.52. The lowest BCUT2D eigenvalue weighted by molar-refractivity contribution is 0.0751. The number of hydrogen-bond acceptors (Lipinski definition) is 5. The van der Waals surface area contributed by atoms with Crippen molar-refractivity contribution in [3.05, 3.63) is 52.1 Å². The summed E-state index contributed by atoms with van der Waals surface area (Å²) in [6, 6.07) is 7.87. The number of anilines is 1. The molecule has 0 N–H and O–H groups in total. The minimum Gasteiger partial charge on any atom is -0.337 e. The van der Waals surface area contributed by atoms with Crippen molar-refractivity contribution in [2.45, 2.75) is 19.8 Å². The van der Waals surface area contributed by atoms with Gasteiger partial charge >= 0.3 is 0 Å². The molecule has 3 aromatic rings. The molecule has 1 fully saturated rings. The smallest absolute Gasteiger partial charge is 0.265 e. The number of piperazine rings is 1. The van der Waals surface area contributed by atoms with Crippen molar-refractivity contribution in [1.82, 2.24) is 14.9 Å². The molecule has 5 nitrogen and oxygen atoms in total. The minimum absolute atomic E-state index is 0.0139. The summed E-state index contributed by atoms with van der Waals surface area (Å²) < 4.78 is 1.05. The normalized spacial score (nSPS) is 14.7. The highest BCUT2D eigenvalue weighted by molar-refractivity contribution is 7.21. The lowest BCUT2D eigenvalue weighted by Crippen LogP contribution is -2.49. The van der Waals surface area contributed by atoms with Crippen LogP contribution in [0.4, 0.5) is 5.95 Å². The standard InChI is InChI=1S/C20H21ClN4OS/c1-2-5-14-12-22-20(23-13-14)25-10-8-24(9-11-25)19(26)18-17(21)15-6-3-4-7-16(15)27-18/h3-4,6-7,12-13H,2,5,8-11H2,1H3. The maximum absolute atomic E-state index is 13.0. The number of hydrogen-bond donors (Lipinski definition) is 0. The van der Waals surface area contributed by atoms with E-state index in [1.807, 2.05) is 41.6 Å². The van der Waals surface area contributed by atoms with E-state index in [1.54, 1.807) is 0 Å². The Morgan fingerprint density at radius 1 is 1.15 bits per heavy atom. The number of carbonyl (C=O) groups excluding carboxylic acids is 1. The number of benzene rings is 1. The molecule has 27 heavy (non-hydrogen) atoms. The molecule has 0 saturated carbocycles. The van der Waals surface area contributed by atoms with Gasteiger partial charge in [-0.25, -0.2) is 9.97 Å². The number of amides is 1. The van der Waals surface area contributed by atoms with Gasteiger partial charge < -0.3 is 9.80 Å². The number of thiophene rings is 1. The van der Waals surface area contributed by atoms with E-state index in [1.165, 1.54) is 11.3 Å². The molecule has 1 aromatic carbocycles. The highest BCUT2D eigenvalue weighted by Gasteiger charge is 2.26. The van der Waals surface area contributed by atoms with E-state index in [0.29, 0.717) is 23.0 Å². The number of aromatic nitrogens is 2. The number of fused-ring (bicyclic) bond motifs is 1. The first-order valence-corrected chi connectivity index (χ1v) is 10.4. The van der Waals surface area contributed by atoms with Crippen molar-refractivity contribution in [1.29, 1.82) is 0 Å². The van der Waals surface area contributed by atoms with Crippen molar-refractivity contribution in [3.8, 4) is 0 Å². The van der Waals surface area contributed by atoms with Gasteiger partial charge in [-0.2, -0.15) is 0 Å². The molecule has 0 bridgehead atoms. The third-order valence-corrected chi connectivity index (χ3v) is 6.47. The second-order valence-corrected chi connectivity index (χ2v) is 8.09. The molecule has 7 heteroatoms. The monoisotopic (exact) mass is 400 g/mol. The highest BCUT2D eigenvalue weighted by Crippen LogP contribution is 2.36. The van der Waals surface area contributed by atoms with E-state index in [4.69, 9.17) is 11.6 Å². The molecule has 0 atom stereocenters. The predicted molar refractivity (Wildman–Crippen MR) is 111 cm³/mol. The molecule has 2 aromatic heterocycles. The van der Waals surface area contributed by atoms with Gasteiger partial charge in [0.2, 0.25) is 5.95 Å². The zero-order valence-corrected chi connectivity index (χ0v) is 16.8. The van der Waals surface area contributed by atoms with Crippen LogP contribution in [0.25, 0.3) is 10.1 Å². The fourth-order valence-electron chi connectivity index (χ4n) is 3.33. The number of aryl methyl sites for hydroxylation is 1. The van der Waals surface area contributed by atoms with Gasteiger partial charge in [-0.15, -0.1) is 11.3 Å².